The maximum atomic E-state index is 12.8. The van der Waals surface area contributed by atoms with Crippen molar-refractivity contribution >= 4 is 11.9 Å². The number of oxazole rings is 1. The molecular formula is C21H20N2O4. The second-order valence-corrected chi connectivity index (χ2v) is 5.91. The number of esters is 1. The SMILES string of the molecule is CCOC(=O)c1ncoc1-c1ccccc1C(=O)NCc1ccccc1C. The van der Waals surface area contributed by atoms with Crippen LogP contribution in [0.2, 0.25) is 0 Å². The number of carbonyl (C=O) groups excluding carboxylic acids is 2. The molecule has 1 heterocycles. The van der Waals surface area contributed by atoms with Crippen LogP contribution in [0.1, 0.15) is 38.9 Å². The minimum Gasteiger partial charge on any atom is -0.461 e. The van der Waals surface area contributed by atoms with Gasteiger partial charge in [0.05, 0.1) is 12.2 Å². The molecule has 0 saturated carbocycles. The highest BCUT2D eigenvalue weighted by atomic mass is 16.5. The van der Waals surface area contributed by atoms with E-state index in [1.54, 1.807) is 31.2 Å². The summed E-state index contributed by atoms with van der Waals surface area (Å²) in [6.07, 6.45) is 1.17. The van der Waals surface area contributed by atoms with E-state index >= 15 is 0 Å². The number of rotatable bonds is 6. The topological polar surface area (TPSA) is 81.4 Å². The first-order valence-electron chi connectivity index (χ1n) is 8.64. The molecule has 1 amide bonds. The molecule has 6 nitrogen and oxygen atoms in total. The van der Waals surface area contributed by atoms with E-state index in [0.717, 1.165) is 11.1 Å². The molecule has 0 unspecified atom stereocenters. The number of aryl methyl sites for hydroxylation is 1. The molecular weight excluding hydrogens is 344 g/mol. The predicted octanol–water partition coefficient (Wildman–Crippen LogP) is 3.76. The zero-order chi connectivity index (χ0) is 19.2. The van der Waals surface area contributed by atoms with E-state index in [1.807, 2.05) is 31.2 Å². The number of ether oxygens (including phenoxy) is 1. The number of carbonyl (C=O) groups is 2. The number of aromatic nitrogens is 1. The van der Waals surface area contributed by atoms with Crippen molar-refractivity contribution in [3.8, 4) is 11.3 Å². The molecule has 3 rings (SSSR count). The quantitative estimate of drug-likeness (QED) is 0.674. The number of nitrogens with zero attached hydrogens (tertiary/aromatic N) is 1. The van der Waals surface area contributed by atoms with Crippen LogP contribution in [0.25, 0.3) is 11.3 Å². The Bertz CT molecular complexity index is 962. The summed E-state index contributed by atoms with van der Waals surface area (Å²) in [5.41, 5.74) is 3.07. The van der Waals surface area contributed by atoms with Gasteiger partial charge in [0.1, 0.15) is 0 Å². The van der Waals surface area contributed by atoms with Crippen molar-refractivity contribution < 1.29 is 18.7 Å². The average Bonchev–Trinajstić information content (AvgIpc) is 3.17. The van der Waals surface area contributed by atoms with E-state index in [0.29, 0.717) is 17.7 Å². The van der Waals surface area contributed by atoms with Crippen LogP contribution in [0.15, 0.2) is 59.3 Å². The standard InChI is InChI=1S/C21H20N2O4/c1-3-26-21(25)18-19(27-13-23-18)16-10-6-7-11-17(16)20(24)22-12-15-9-5-4-8-14(15)2/h4-11,13H,3,12H2,1-2H3,(H,22,24). The third-order valence-corrected chi connectivity index (χ3v) is 4.15. The number of hydrogen-bond donors (Lipinski definition) is 1. The average molecular weight is 364 g/mol. The fourth-order valence-electron chi connectivity index (χ4n) is 2.74. The van der Waals surface area contributed by atoms with Gasteiger partial charge in [-0.25, -0.2) is 9.78 Å². The van der Waals surface area contributed by atoms with Crippen LogP contribution in [0.4, 0.5) is 0 Å². The maximum Gasteiger partial charge on any atom is 0.360 e. The summed E-state index contributed by atoms with van der Waals surface area (Å²) < 4.78 is 10.4. The van der Waals surface area contributed by atoms with Gasteiger partial charge in [-0.2, -0.15) is 0 Å². The highest BCUT2D eigenvalue weighted by Gasteiger charge is 2.23. The molecule has 0 spiro atoms. The Morgan fingerprint density at radius 3 is 2.63 bits per heavy atom. The molecule has 0 fully saturated rings. The van der Waals surface area contributed by atoms with E-state index in [-0.39, 0.29) is 24.0 Å². The Kier molecular flexibility index (Phi) is 5.66. The molecule has 0 aliphatic carbocycles. The minimum absolute atomic E-state index is 0.0519. The van der Waals surface area contributed by atoms with Crippen molar-refractivity contribution in [1.82, 2.24) is 10.3 Å². The van der Waals surface area contributed by atoms with Crippen LogP contribution < -0.4 is 5.32 Å². The highest BCUT2D eigenvalue weighted by Crippen LogP contribution is 2.27. The Morgan fingerprint density at radius 2 is 1.85 bits per heavy atom. The lowest BCUT2D eigenvalue weighted by atomic mass is 10.0. The maximum absolute atomic E-state index is 12.8. The van der Waals surface area contributed by atoms with Gasteiger partial charge in [0, 0.05) is 12.1 Å². The van der Waals surface area contributed by atoms with E-state index in [2.05, 4.69) is 10.3 Å². The summed E-state index contributed by atoms with van der Waals surface area (Å²) in [5.74, 6) is -0.633. The number of nitrogens with one attached hydrogen (secondary N) is 1. The molecule has 138 valence electrons. The van der Waals surface area contributed by atoms with Gasteiger partial charge in [0.15, 0.2) is 17.8 Å². The summed E-state index contributed by atoms with van der Waals surface area (Å²) >= 11 is 0. The first kappa shape index (κ1) is 18.4. The molecule has 1 aromatic heterocycles. The van der Waals surface area contributed by atoms with Gasteiger partial charge in [-0.3, -0.25) is 4.79 Å². The Morgan fingerprint density at radius 1 is 1.11 bits per heavy atom. The summed E-state index contributed by atoms with van der Waals surface area (Å²) in [6.45, 7) is 4.34. The van der Waals surface area contributed by atoms with Gasteiger partial charge in [-0.15, -0.1) is 0 Å². The van der Waals surface area contributed by atoms with Crippen LogP contribution in [0.5, 0.6) is 0 Å². The number of hydrogen-bond acceptors (Lipinski definition) is 5. The molecule has 0 radical (unpaired) electrons. The molecule has 27 heavy (non-hydrogen) atoms. The molecule has 3 aromatic rings. The monoisotopic (exact) mass is 364 g/mol. The van der Waals surface area contributed by atoms with Gasteiger partial charge in [0.25, 0.3) is 5.91 Å². The highest BCUT2D eigenvalue weighted by molar-refractivity contribution is 6.03. The van der Waals surface area contributed by atoms with Crippen molar-refractivity contribution in [2.75, 3.05) is 6.61 Å². The van der Waals surface area contributed by atoms with Gasteiger partial charge < -0.3 is 14.5 Å². The fraction of sp³-hybridized carbons (Fsp3) is 0.190. The fourth-order valence-corrected chi connectivity index (χ4v) is 2.74. The van der Waals surface area contributed by atoms with E-state index in [4.69, 9.17) is 9.15 Å². The zero-order valence-corrected chi connectivity index (χ0v) is 15.2. The van der Waals surface area contributed by atoms with E-state index in [9.17, 15) is 9.59 Å². The van der Waals surface area contributed by atoms with Crippen molar-refractivity contribution in [2.24, 2.45) is 0 Å². The molecule has 2 aromatic carbocycles. The van der Waals surface area contributed by atoms with Crippen molar-refractivity contribution in [2.45, 2.75) is 20.4 Å². The molecule has 0 aliphatic heterocycles. The van der Waals surface area contributed by atoms with Gasteiger partial charge >= 0.3 is 5.97 Å². The Labute approximate surface area is 157 Å². The van der Waals surface area contributed by atoms with Crippen molar-refractivity contribution in [3.05, 3.63) is 77.3 Å². The molecule has 0 atom stereocenters. The van der Waals surface area contributed by atoms with Crippen LogP contribution in [0.3, 0.4) is 0 Å². The molecule has 0 aliphatic rings. The first-order chi connectivity index (χ1) is 13.1. The van der Waals surface area contributed by atoms with E-state index < -0.39 is 5.97 Å². The normalized spacial score (nSPS) is 10.4. The van der Waals surface area contributed by atoms with Gasteiger partial charge in [-0.05, 0) is 31.0 Å². The Balaban J connectivity index is 1.87. The lowest BCUT2D eigenvalue weighted by molar-refractivity contribution is 0.0520. The lowest BCUT2D eigenvalue weighted by Gasteiger charge is -2.11. The first-order valence-corrected chi connectivity index (χ1v) is 8.64. The second-order valence-electron chi connectivity index (χ2n) is 5.91. The van der Waals surface area contributed by atoms with Crippen molar-refractivity contribution in [3.63, 3.8) is 0 Å². The van der Waals surface area contributed by atoms with Gasteiger partial charge in [0.2, 0.25) is 0 Å². The van der Waals surface area contributed by atoms with Crippen LogP contribution in [-0.4, -0.2) is 23.5 Å². The third-order valence-electron chi connectivity index (χ3n) is 4.15. The zero-order valence-electron chi connectivity index (χ0n) is 15.2. The summed E-state index contributed by atoms with van der Waals surface area (Å²) in [5, 5.41) is 2.92. The summed E-state index contributed by atoms with van der Waals surface area (Å²) in [7, 11) is 0. The number of amides is 1. The summed E-state index contributed by atoms with van der Waals surface area (Å²) in [6, 6.07) is 14.8. The van der Waals surface area contributed by atoms with Crippen LogP contribution in [0, 0.1) is 6.92 Å². The lowest BCUT2D eigenvalue weighted by Crippen LogP contribution is -2.24. The smallest absolute Gasteiger partial charge is 0.360 e. The molecule has 1 N–H and O–H groups in total. The predicted molar refractivity (Wildman–Crippen MR) is 100 cm³/mol. The second kappa shape index (κ2) is 8.31. The van der Waals surface area contributed by atoms with Crippen molar-refractivity contribution in [1.29, 1.82) is 0 Å². The van der Waals surface area contributed by atoms with Crippen LogP contribution in [-0.2, 0) is 11.3 Å². The largest absolute Gasteiger partial charge is 0.461 e. The summed E-state index contributed by atoms with van der Waals surface area (Å²) in [4.78, 5) is 28.8. The Hall–Kier alpha value is -3.41. The van der Waals surface area contributed by atoms with Crippen LogP contribution >= 0.6 is 0 Å². The molecule has 6 heteroatoms. The molecule has 0 saturated heterocycles. The van der Waals surface area contributed by atoms with E-state index in [1.165, 1.54) is 6.39 Å². The minimum atomic E-state index is -0.587. The number of benzene rings is 2. The third kappa shape index (κ3) is 4.06. The molecule has 0 bridgehead atoms. The van der Waals surface area contributed by atoms with Gasteiger partial charge in [-0.1, -0.05) is 42.5 Å².